The number of hydrogen-bond acceptors (Lipinski definition) is 5. The molecule has 1 heterocycles. The van der Waals surface area contributed by atoms with Crippen molar-refractivity contribution in [1.29, 1.82) is 5.26 Å². The molecule has 0 saturated heterocycles. The van der Waals surface area contributed by atoms with Gasteiger partial charge in [-0.2, -0.15) is 10.4 Å². The van der Waals surface area contributed by atoms with Crippen LogP contribution in [-0.4, -0.2) is 27.0 Å². The lowest BCUT2D eigenvalue weighted by atomic mass is 10.3. The molecule has 0 amide bonds. The van der Waals surface area contributed by atoms with Gasteiger partial charge in [-0.25, -0.2) is 9.48 Å². The lowest BCUT2D eigenvalue weighted by molar-refractivity contribution is -0.144. The van der Waals surface area contributed by atoms with Crippen LogP contribution in [0.5, 0.6) is 17.4 Å². The van der Waals surface area contributed by atoms with E-state index in [-0.39, 0.29) is 33.0 Å². The maximum absolute atomic E-state index is 10.9. The highest BCUT2D eigenvalue weighted by Gasteiger charge is 2.20. The zero-order chi connectivity index (χ0) is 18.0. The molecule has 0 bridgehead atoms. The molecular weight excluding hydrogens is 357 g/mol. The van der Waals surface area contributed by atoms with Crippen LogP contribution >= 0.6 is 23.2 Å². The van der Waals surface area contributed by atoms with Gasteiger partial charge in [-0.1, -0.05) is 23.2 Å². The first kappa shape index (κ1) is 17.9. The molecular formula is C15H13Cl2N3O4. The second kappa shape index (κ2) is 6.99. The number of aryl methyl sites for hydroxylation is 2. The Hall–Kier alpha value is -2.43. The van der Waals surface area contributed by atoms with E-state index in [1.165, 1.54) is 23.7 Å². The molecule has 0 aliphatic carbocycles. The smallest absolute Gasteiger partial charge is 0.344 e. The molecule has 2 rings (SSSR count). The van der Waals surface area contributed by atoms with Crippen molar-refractivity contribution in [3.8, 4) is 23.4 Å². The highest BCUT2D eigenvalue weighted by Crippen LogP contribution is 2.39. The van der Waals surface area contributed by atoms with Crippen molar-refractivity contribution < 1.29 is 19.4 Å². The van der Waals surface area contributed by atoms with Crippen LogP contribution < -0.4 is 9.47 Å². The minimum Gasteiger partial charge on any atom is -0.479 e. The second-order valence-corrected chi connectivity index (χ2v) is 5.73. The van der Waals surface area contributed by atoms with Gasteiger partial charge in [0, 0.05) is 13.1 Å². The average molecular weight is 370 g/mol. The lowest BCUT2D eigenvalue weighted by Gasteiger charge is -2.14. The lowest BCUT2D eigenvalue weighted by Crippen LogP contribution is -2.23. The molecule has 0 unspecified atom stereocenters. The summed E-state index contributed by atoms with van der Waals surface area (Å²) in [6, 6.07) is 4.75. The molecule has 0 aliphatic heterocycles. The summed E-state index contributed by atoms with van der Waals surface area (Å²) in [5.74, 6) is -0.675. The van der Waals surface area contributed by atoms with Gasteiger partial charge < -0.3 is 14.6 Å². The number of ether oxygens (including phenoxy) is 2. The summed E-state index contributed by atoms with van der Waals surface area (Å²) >= 11 is 12.1. The first-order valence-corrected chi connectivity index (χ1v) is 7.50. The van der Waals surface area contributed by atoms with Gasteiger partial charge in [-0.05, 0) is 19.9 Å². The number of aliphatic carboxylic acids is 1. The van der Waals surface area contributed by atoms with Gasteiger partial charge in [0.05, 0.1) is 15.7 Å². The number of nitriles is 1. The molecule has 9 heteroatoms. The maximum atomic E-state index is 10.9. The van der Waals surface area contributed by atoms with E-state index < -0.39 is 12.1 Å². The fourth-order valence-electron chi connectivity index (χ4n) is 1.91. The molecule has 24 heavy (non-hydrogen) atoms. The first-order chi connectivity index (χ1) is 11.2. The fourth-order valence-corrected chi connectivity index (χ4v) is 2.37. The van der Waals surface area contributed by atoms with Crippen LogP contribution in [0, 0.1) is 18.3 Å². The third-order valence-corrected chi connectivity index (χ3v) is 3.72. The average Bonchev–Trinajstić information content (AvgIpc) is 2.77. The normalized spacial score (nSPS) is 11.7. The largest absolute Gasteiger partial charge is 0.479 e. The number of hydrogen-bond donors (Lipinski definition) is 1. The van der Waals surface area contributed by atoms with Crippen molar-refractivity contribution in [2.24, 2.45) is 7.05 Å². The Kier molecular flexibility index (Phi) is 5.22. The first-order valence-electron chi connectivity index (χ1n) is 6.74. The standard InChI is InChI=1S/C15H13Cl2N3O4/c1-7-9(6-18)14(20(3)19-7)24-13-5-12(10(16)4-11(13)17)23-8(2)15(21)22/h4-5,8H,1-3H3,(H,21,22)/t8-/m0/s1. The molecule has 1 atom stereocenters. The van der Waals surface area contributed by atoms with E-state index in [9.17, 15) is 10.1 Å². The van der Waals surface area contributed by atoms with Crippen molar-refractivity contribution in [2.45, 2.75) is 20.0 Å². The van der Waals surface area contributed by atoms with Gasteiger partial charge in [-0.15, -0.1) is 0 Å². The van der Waals surface area contributed by atoms with E-state index in [4.69, 9.17) is 37.8 Å². The van der Waals surface area contributed by atoms with Crippen molar-refractivity contribution in [1.82, 2.24) is 9.78 Å². The molecule has 1 N–H and O–H groups in total. The van der Waals surface area contributed by atoms with Crippen LogP contribution in [-0.2, 0) is 11.8 Å². The molecule has 0 fully saturated rings. The van der Waals surface area contributed by atoms with Crippen molar-refractivity contribution >= 4 is 29.2 Å². The van der Waals surface area contributed by atoms with E-state index in [1.807, 2.05) is 6.07 Å². The summed E-state index contributed by atoms with van der Waals surface area (Å²) in [7, 11) is 1.62. The predicted octanol–water partition coefficient (Wildman–Crippen LogP) is 3.55. The summed E-state index contributed by atoms with van der Waals surface area (Å²) in [5.41, 5.74) is 0.779. The van der Waals surface area contributed by atoms with E-state index >= 15 is 0 Å². The van der Waals surface area contributed by atoms with Gasteiger partial charge in [0.15, 0.2) is 11.9 Å². The predicted molar refractivity (Wildman–Crippen MR) is 86.9 cm³/mol. The molecule has 1 aromatic heterocycles. The Morgan fingerprint density at radius 3 is 2.58 bits per heavy atom. The summed E-state index contributed by atoms with van der Waals surface area (Å²) in [4.78, 5) is 10.9. The maximum Gasteiger partial charge on any atom is 0.344 e. The molecule has 7 nitrogen and oxygen atoms in total. The zero-order valence-electron chi connectivity index (χ0n) is 13.0. The Balaban J connectivity index is 2.41. The van der Waals surface area contributed by atoms with E-state index in [1.54, 1.807) is 14.0 Å². The van der Waals surface area contributed by atoms with Crippen molar-refractivity contribution in [3.05, 3.63) is 33.4 Å². The van der Waals surface area contributed by atoms with Crippen LogP contribution in [0.4, 0.5) is 0 Å². The Bertz CT molecular complexity index is 842. The van der Waals surface area contributed by atoms with Gasteiger partial charge in [0.25, 0.3) is 0 Å². The molecule has 0 saturated carbocycles. The highest BCUT2D eigenvalue weighted by atomic mass is 35.5. The molecule has 0 spiro atoms. The zero-order valence-corrected chi connectivity index (χ0v) is 14.5. The quantitative estimate of drug-likeness (QED) is 0.865. The van der Waals surface area contributed by atoms with E-state index in [0.717, 1.165) is 0 Å². The minimum atomic E-state index is -1.14. The van der Waals surface area contributed by atoms with Crippen molar-refractivity contribution in [2.75, 3.05) is 0 Å². The van der Waals surface area contributed by atoms with Crippen LogP contribution in [0.2, 0.25) is 10.0 Å². The third kappa shape index (κ3) is 3.55. The van der Waals surface area contributed by atoms with Crippen LogP contribution in [0.1, 0.15) is 18.2 Å². The summed E-state index contributed by atoms with van der Waals surface area (Å²) in [5, 5.41) is 22.6. The number of carbonyl (C=O) groups is 1. The summed E-state index contributed by atoms with van der Waals surface area (Å²) < 4.78 is 12.4. The van der Waals surface area contributed by atoms with Crippen molar-refractivity contribution in [3.63, 3.8) is 0 Å². The second-order valence-electron chi connectivity index (χ2n) is 4.91. The molecule has 0 aliphatic rings. The summed E-state index contributed by atoms with van der Waals surface area (Å²) in [6.45, 7) is 3.05. The SMILES string of the molecule is Cc1nn(C)c(Oc2cc(O[C@@H](C)C(=O)O)c(Cl)cc2Cl)c1C#N. The Labute approximate surface area is 147 Å². The van der Waals surface area contributed by atoms with Gasteiger partial charge >= 0.3 is 5.97 Å². The van der Waals surface area contributed by atoms with E-state index in [2.05, 4.69) is 5.10 Å². The van der Waals surface area contributed by atoms with Crippen LogP contribution in [0.3, 0.4) is 0 Å². The molecule has 1 aromatic carbocycles. The number of nitrogens with zero attached hydrogens (tertiary/aromatic N) is 3. The number of rotatable bonds is 5. The Morgan fingerprint density at radius 2 is 2.00 bits per heavy atom. The molecule has 2 aromatic rings. The molecule has 126 valence electrons. The topological polar surface area (TPSA) is 97.4 Å². The van der Waals surface area contributed by atoms with Gasteiger partial charge in [0.2, 0.25) is 5.88 Å². The van der Waals surface area contributed by atoms with Gasteiger partial charge in [0.1, 0.15) is 17.4 Å². The molecule has 0 radical (unpaired) electrons. The van der Waals surface area contributed by atoms with E-state index in [0.29, 0.717) is 5.69 Å². The Morgan fingerprint density at radius 1 is 1.38 bits per heavy atom. The van der Waals surface area contributed by atoms with Crippen LogP contribution in [0.25, 0.3) is 0 Å². The fraction of sp³-hybridized carbons (Fsp3) is 0.267. The highest BCUT2D eigenvalue weighted by molar-refractivity contribution is 6.36. The minimum absolute atomic E-state index is 0.100. The number of benzene rings is 1. The number of aromatic nitrogens is 2. The third-order valence-electron chi connectivity index (χ3n) is 3.13. The van der Waals surface area contributed by atoms with Gasteiger partial charge in [-0.3, -0.25) is 0 Å². The monoisotopic (exact) mass is 369 g/mol. The number of carboxylic acid groups (broad SMARTS) is 1. The van der Waals surface area contributed by atoms with Crippen LogP contribution in [0.15, 0.2) is 12.1 Å². The number of halogens is 2. The number of carboxylic acids is 1. The summed E-state index contributed by atoms with van der Waals surface area (Å²) in [6.07, 6.45) is -1.11.